The molecule has 110 valence electrons. The van der Waals surface area contributed by atoms with Crippen molar-refractivity contribution in [2.75, 3.05) is 5.32 Å². The van der Waals surface area contributed by atoms with E-state index >= 15 is 0 Å². The Morgan fingerprint density at radius 2 is 2.10 bits per heavy atom. The molecule has 2 bridgehead atoms. The number of anilines is 1. The van der Waals surface area contributed by atoms with Crippen molar-refractivity contribution >= 4 is 23.1 Å². The highest BCUT2D eigenvalue weighted by Gasteiger charge is 2.41. The molecule has 0 aliphatic heterocycles. The number of amides is 1. The van der Waals surface area contributed by atoms with Gasteiger partial charge in [-0.1, -0.05) is 6.42 Å². The van der Waals surface area contributed by atoms with Crippen molar-refractivity contribution in [3.63, 3.8) is 0 Å². The van der Waals surface area contributed by atoms with Crippen molar-refractivity contribution in [3.05, 3.63) is 16.3 Å². The summed E-state index contributed by atoms with van der Waals surface area (Å²) < 4.78 is 5.35. The van der Waals surface area contributed by atoms with Gasteiger partial charge in [-0.05, 0) is 68.7 Å². The topological polar surface area (TPSA) is 38.3 Å². The largest absolute Gasteiger partial charge is 0.444 e. The minimum atomic E-state index is -0.452. The van der Waals surface area contributed by atoms with Gasteiger partial charge in [-0.15, -0.1) is 11.3 Å². The fourth-order valence-electron chi connectivity index (χ4n) is 3.73. The molecule has 4 heteroatoms. The first-order chi connectivity index (χ1) is 9.42. The molecule has 2 fully saturated rings. The molecule has 0 radical (unpaired) electrons. The fourth-order valence-corrected chi connectivity index (χ4v) is 4.58. The maximum Gasteiger partial charge on any atom is 0.412 e. The minimum Gasteiger partial charge on any atom is -0.444 e. The Labute approximate surface area is 124 Å². The van der Waals surface area contributed by atoms with Crippen molar-refractivity contribution in [3.8, 4) is 0 Å². The van der Waals surface area contributed by atoms with Gasteiger partial charge in [0.2, 0.25) is 0 Å². The summed E-state index contributed by atoms with van der Waals surface area (Å²) in [7, 11) is 0. The van der Waals surface area contributed by atoms with Crippen LogP contribution in [0.15, 0.2) is 10.8 Å². The first-order valence-electron chi connectivity index (χ1n) is 7.48. The number of carbonyl (C=O) groups is 1. The van der Waals surface area contributed by atoms with Crippen molar-refractivity contribution in [1.29, 1.82) is 0 Å². The second-order valence-corrected chi connectivity index (χ2v) is 7.89. The summed E-state index contributed by atoms with van der Waals surface area (Å²) in [5, 5.41) is 7.17. The van der Waals surface area contributed by atoms with Crippen LogP contribution in [0.5, 0.6) is 0 Å². The molecule has 20 heavy (non-hydrogen) atoms. The number of ether oxygens (including phenoxy) is 1. The van der Waals surface area contributed by atoms with Crippen LogP contribution >= 0.6 is 11.3 Å². The zero-order chi connectivity index (χ0) is 14.3. The molecule has 3 nitrogen and oxygen atoms in total. The third-order valence-electron chi connectivity index (χ3n) is 4.47. The zero-order valence-electron chi connectivity index (χ0n) is 12.4. The Bertz CT molecular complexity index is 503. The van der Waals surface area contributed by atoms with E-state index in [0.29, 0.717) is 5.92 Å². The van der Waals surface area contributed by atoms with Crippen LogP contribution in [0.1, 0.15) is 57.9 Å². The average Bonchev–Trinajstić information content (AvgIpc) is 2.99. The summed E-state index contributed by atoms with van der Waals surface area (Å²) in [5.74, 6) is 2.39. The molecule has 1 aromatic rings. The number of thiophene rings is 1. The van der Waals surface area contributed by atoms with E-state index in [1.54, 1.807) is 11.3 Å². The molecule has 3 atom stereocenters. The number of rotatable bonds is 2. The molecule has 2 aliphatic carbocycles. The monoisotopic (exact) mass is 293 g/mol. The number of carbonyl (C=O) groups excluding carboxylic acids is 1. The molecule has 2 saturated carbocycles. The second-order valence-electron chi connectivity index (χ2n) is 7.15. The molecule has 1 aromatic heterocycles. The van der Waals surface area contributed by atoms with Crippen LogP contribution in [0.25, 0.3) is 0 Å². The molecule has 1 heterocycles. The van der Waals surface area contributed by atoms with E-state index in [2.05, 4.69) is 10.7 Å². The molecule has 0 spiro atoms. The molecule has 1 N–H and O–H groups in total. The number of fused-ring (bicyclic) bond motifs is 2. The predicted molar refractivity (Wildman–Crippen MR) is 82.4 cm³/mol. The van der Waals surface area contributed by atoms with Crippen LogP contribution < -0.4 is 5.32 Å². The van der Waals surface area contributed by atoms with Crippen LogP contribution in [0, 0.1) is 11.8 Å². The summed E-state index contributed by atoms with van der Waals surface area (Å²) in [6.45, 7) is 5.66. The van der Waals surface area contributed by atoms with Crippen LogP contribution in [0.3, 0.4) is 0 Å². The molecular formula is C16H23NO2S. The van der Waals surface area contributed by atoms with Gasteiger partial charge in [0.05, 0.1) is 5.69 Å². The number of hydrogen-bond acceptors (Lipinski definition) is 3. The third-order valence-corrected chi connectivity index (χ3v) is 5.23. The summed E-state index contributed by atoms with van der Waals surface area (Å²) in [6.07, 6.45) is 5.09. The van der Waals surface area contributed by atoms with Gasteiger partial charge in [-0.2, -0.15) is 0 Å². The van der Waals surface area contributed by atoms with E-state index in [-0.39, 0.29) is 6.09 Å². The smallest absolute Gasteiger partial charge is 0.412 e. The van der Waals surface area contributed by atoms with Gasteiger partial charge < -0.3 is 4.74 Å². The van der Waals surface area contributed by atoms with Crippen LogP contribution in [0.4, 0.5) is 10.5 Å². The maximum atomic E-state index is 11.9. The van der Waals surface area contributed by atoms with Crippen molar-refractivity contribution < 1.29 is 9.53 Å². The highest BCUT2D eigenvalue weighted by atomic mass is 32.1. The highest BCUT2D eigenvalue weighted by molar-refractivity contribution is 7.08. The van der Waals surface area contributed by atoms with Gasteiger partial charge in [0.1, 0.15) is 5.60 Å². The summed E-state index contributed by atoms with van der Waals surface area (Å²) >= 11 is 1.67. The standard InChI is InChI=1S/C16H23NO2S/c1-16(2,3)19-15(18)17-14-9-20-8-13(14)12-7-10-4-5-11(12)6-10/h8-12H,4-7H2,1-3H3,(H,17,18). The van der Waals surface area contributed by atoms with Crippen molar-refractivity contribution in [2.24, 2.45) is 11.8 Å². The third kappa shape index (κ3) is 2.85. The minimum absolute atomic E-state index is 0.347. The van der Waals surface area contributed by atoms with E-state index < -0.39 is 5.60 Å². The van der Waals surface area contributed by atoms with Crippen LogP contribution in [0.2, 0.25) is 0 Å². The summed E-state index contributed by atoms with van der Waals surface area (Å²) in [4.78, 5) is 11.9. The van der Waals surface area contributed by atoms with Gasteiger partial charge in [-0.3, -0.25) is 5.32 Å². The Morgan fingerprint density at radius 1 is 1.30 bits per heavy atom. The molecular weight excluding hydrogens is 270 g/mol. The SMILES string of the molecule is CC(C)(C)OC(=O)Nc1cscc1C1CC2CCC1C2. The highest BCUT2D eigenvalue weighted by Crippen LogP contribution is 2.54. The van der Waals surface area contributed by atoms with Crippen LogP contribution in [-0.4, -0.2) is 11.7 Å². The van der Waals surface area contributed by atoms with E-state index in [0.717, 1.165) is 17.5 Å². The lowest BCUT2D eigenvalue weighted by Crippen LogP contribution is -2.27. The van der Waals surface area contributed by atoms with Gasteiger partial charge in [-0.25, -0.2) is 4.79 Å². The Balaban J connectivity index is 1.69. The molecule has 2 aliphatic rings. The first kappa shape index (κ1) is 13.9. The molecule has 3 rings (SSSR count). The number of hydrogen-bond donors (Lipinski definition) is 1. The van der Waals surface area contributed by atoms with Crippen LogP contribution in [-0.2, 0) is 4.74 Å². The fraction of sp³-hybridized carbons (Fsp3) is 0.688. The quantitative estimate of drug-likeness (QED) is 0.833. The van der Waals surface area contributed by atoms with E-state index in [1.165, 1.54) is 31.2 Å². The normalized spacial score (nSPS) is 28.6. The molecule has 1 amide bonds. The molecule has 3 unspecified atom stereocenters. The Hall–Kier alpha value is -1.03. The molecule has 0 saturated heterocycles. The first-order valence-corrected chi connectivity index (χ1v) is 8.43. The zero-order valence-corrected chi connectivity index (χ0v) is 13.3. The summed E-state index contributed by atoms with van der Waals surface area (Å²) in [6, 6.07) is 0. The van der Waals surface area contributed by atoms with Crippen molar-refractivity contribution in [1.82, 2.24) is 0 Å². The van der Waals surface area contributed by atoms with E-state index in [9.17, 15) is 4.79 Å². The van der Waals surface area contributed by atoms with Gasteiger partial charge in [0, 0.05) is 5.38 Å². The average molecular weight is 293 g/mol. The lowest BCUT2D eigenvalue weighted by molar-refractivity contribution is 0.0636. The lowest BCUT2D eigenvalue weighted by Gasteiger charge is -2.23. The second kappa shape index (κ2) is 5.06. The molecule has 0 aromatic carbocycles. The van der Waals surface area contributed by atoms with E-state index in [4.69, 9.17) is 4.74 Å². The van der Waals surface area contributed by atoms with Crippen molar-refractivity contribution in [2.45, 2.75) is 58.0 Å². The maximum absolute atomic E-state index is 11.9. The Kier molecular flexibility index (Phi) is 3.53. The summed E-state index contributed by atoms with van der Waals surface area (Å²) in [5.41, 5.74) is 1.84. The number of nitrogens with one attached hydrogen (secondary N) is 1. The Morgan fingerprint density at radius 3 is 2.70 bits per heavy atom. The van der Waals surface area contributed by atoms with Gasteiger partial charge in [0.15, 0.2) is 0 Å². The predicted octanol–water partition coefficient (Wildman–Crippen LogP) is 5.00. The van der Waals surface area contributed by atoms with E-state index in [1.807, 2.05) is 26.2 Å². The van der Waals surface area contributed by atoms with Gasteiger partial charge >= 0.3 is 6.09 Å². The van der Waals surface area contributed by atoms with Gasteiger partial charge in [0.25, 0.3) is 0 Å². The lowest BCUT2D eigenvalue weighted by atomic mass is 9.84.